The number of primary amides is 1. The summed E-state index contributed by atoms with van der Waals surface area (Å²) in [5.74, 6) is -0.372. The zero-order valence-corrected chi connectivity index (χ0v) is 19.1. The molecule has 0 bridgehead atoms. The number of ketones is 1. The second kappa shape index (κ2) is 9.41. The molecule has 0 saturated carbocycles. The lowest BCUT2D eigenvalue weighted by Crippen LogP contribution is -2.43. The first-order valence-electron chi connectivity index (χ1n) is 10.7. The number of benzene rings is 1. The second-order valence-electron chi connectivity index (χ2n) is 9.02. The van der Waals surface area contributed by atoms with Gasteiger partial charge in [0.15, 0.2) is 5.78 Å². The average molecular weight is 451 g/mol. The van der Waals surface area contributed by atoms with E-state index in [-0.39, 0.29) is 29.0 Å². The molecule has 0 spiro atoms. The Balaban J connectivity index is 1.82. The second-order valence-corrected chi connectivity index (χ2v) is 9.02. The first kappa shape index (κ1) is 23.9. The molecule has 174 valence electrons. The third-order valence-electron chi connectivity index (χ3n) is 5.55. The minimum atomic E-state index is -0.629. The summed E-state index contributed by atoms with van der Waals surface area (Å²) in [5.41, 5.74) is 12.8. The molecule has 3 rings (SSSR count). The first-order valence-corrected chi connectivity index (χ1v) is 10.7. The van der Waals surface area contributed by atoms with Crippen LogP contribution in [0.4, 0.5) is 23.0 Å². The Morgan fingerprint density at radius 3 is 2.33 bits per heavy atom. The zero-order valence-electron chi connectivity index (χ0n) is 19.1. The summed E-state index contributed by atoms with van der Waals surface area (Å²) >= 11 is 0. The Morgan fingerprint density at radius 2 is 1.76 bits per heavy atom. The number of anilines is 4. The van der Waals surface area contributed by atoms with Gasteiger partial charge in [-0.25, -0.2) is 4.98 Å². The van der Waals surface area contributed by atoms with Crippen molar-refractivity contribution in [2.24, 2.45) is 22.8 Å². The Morgan fingerprint density at radius 1 is 1.12 bits per heavy atom. The summed E-state index contributed by atoms with van der Waals surface area (Å²) in [7, 11) is 0. The maximum absolute atomic E-state index is 12.2. The van der Waals surface area contributed by atoms with E-state index in [1.165, 1.54) is 6.08 Å². The molecule has 2 aromatic rings. The minimum Gasteiger partial charge on any atom is -0.365 e. The van der Waals surface area contributed by atoms with Gasteiger partial charge in [0.1, 0.15) is 11.6 Å². The van der Waals surface area contributed by atoms with Crippen molar-refractivity contribution < 1.29 is 14.4 Å². The van der Waals surface area contributed by atoms with Crippen LogP contribution in [-0.4, -0.2) is 35.3 Å². The molecule has 1 aliphatic rings. The average Bonchev–Trinajstić information content (AvgIpc) is 3.15. The van der Waals surface area contributed by atoms with Crippen LogP contribution in [0, 0.1) is 11.3 Å². The summed E-state index contributed by atoms with van der Waals surface area (Å²) in [4.78, 5) is 42.6. The zero-order chi connectivity index (χ0) is 24.3. The van der Waals surface area contributed by atoms with Crippen LogP contribution in [0.5, 0.6) is 0 Å². The number of hydrogen-bond donors (Lipinski definition) is 4. The highest BCUT2D eigenvalue weighted by Gasteiger charge is 2.36. The normalized spacial score (nSPS) is 18.0. The summed E-state index contributed by atoms with van der Waals surface area (Å²) in [5, 5.41) is 5.97. The summed E-state index contributed by atoms with van der Waals surface area (Å²) in [6.45, 7) is 9.60. The van der Waals surface area contributed by atoms with Crippen LogP contribution < -0.4 is 27.0 Å². The first-order chi connectivity index (χ1) is 15.5. The molecule has 1 fully saturated rings. The molecule has 2 heterocycles. The van der Waals surface area contributed by atoms with E-state index in [1.54, 1.807) is 36.4 Å². The highest BCUT2D eigenvalue weighted by molar-refractivity contribution is 5.99. The Bertz CT molecular complexity index is 1070. The largest absolute Gasteiger partial charge is 0.365 e. The van der Waals surface area contributed by atoms with Crippen molar-refractivity contribution in [3.05, 3.63) is 54.6 Å². The Hall–Kier alpha value is -3.72. The van der Waals surface area contributed by atoms with E-state index in [9.17, 15) is 14.4 Å². The Labute approximate surface area is 193 Å². The number of amides is 2. The van der Waals surface area contributed by atoms with Gasteiger partial charge >= 0.3 is 0 Å². The van der Waals surface area contributed by atoms with Crippen LogP contribution in [0.3, 0.4) is 0 Å². The van der Waals surface area contributed by atoms with Crippen LogP contribution in [0.25, 0.3) is 0 Å². The van der Waals surface area contributed by atoms with Gasteiger partial charge in [-0.3, -0.25) is 14.4 Å². The molecule has 0 aliphatic carbocycles. The summed E-state index contributed by atoms with van der Waals surface area (Å²) < 4.78 is 0. The molecule has 2 unspecified atom stereocenters. The molecule has 6 N–H and O–H groups in total. The Kier molecular flexibility index (Phi) is 6.83. The third-order valence-corrected chi connectivity index (χ3v) is 5.55. The number of nitrogens with one attached hydrogen (secondary N) is 2. The fourth-order valence-electron chi connectivity index (χ4n) is 3.54. The fourth-order valence-corrected chi connectivity index (χ4v) is 3.54. The highest BCUT2D eigenvalue weighted by atomic mass is 16.2. The van der Waals surface area contributed by atoms with E-state index in [4.69, 9.17) is 11.5 Å². The van der Waals surface area contributed by atoms with Crippen LogP contribution in [-0.2, 0) is 9.59 Å². The van der Waals surface area contributed by atoms with E-state index in [1.807, 2.05) is 25.7 Å². The number of allylic oxidation sites excluding steroid dienone is 1. The molecule has 1 aliphatic heterocycles. The van der Waals surface area contributed by atoms with Gasteiger partial charge in [0.25, 0.3) is 5.91 Å². The van der Waals surface area contributed by atoms with Crippen molar-refractivity contribution in [2.75, 3.05) is 22.1 Å². The predicted molar refractivity (Wildman–Crippen MR) is 129 cm³/mol. The minimum absolute atomic E-state index is 0.0937. The van der Waals surface area contributed by atoms with Crippen LogP contribution >= 0.6 is 0 Å². The van der Waals surface area contributed by atoms with Crippen molar-refractivity contribution in [3.63, 3.8) is 0 Å². The SMILES string of the molecule is C=CC(=O)C1CCN(c2ccc(C(N)=O)c(Nc3ccc(NC(=O)C(C)(C)C)cc3)n2)C1N. The molecule has 33 heavy (non-hydrogen) atoms. The van der Waals surface area contributed by atoms with Crippen molar-refractivity contribution >= 4 is 40.6 Å². The number of hydrogen-bond acceptors (Lipinski definition) is 7. The van der Waals surface area contributed by atoms with Gasteiger partial charge in [0.2, 0.25) is 5.91 Å². The maximum Gasteiger partial charge on any atom is 0.252 e. The fraction of sp³-hybridized carbons (Fsp3) is 0.333. The number of nitrogens with two attached hydrogens (primary N) is 2. The molecular weight excluding hydrogens is 420 g/mol. The summed E-state index contributed by atoms with van der Waals surface area (Å²) in [6.07, 6.45) is 1.34. The maximum atomic E-state index is 12.2. The molecule has 1 aromatic heterocycles. The number of carbonyl (C=O) groups excluding carboxylic acids is 3. The highest BCUT2D eigenvalue weighted by Crippen LogP contribution is 2.30. The molecular formula is C24H30N6O3. The van der Waals surface area contributed by atoms with Crippen LogP contribution in [0.1, 0.15) is 37.6 Å². The van der Waals surface area contributed by atoms with E-state index in [0.29, 0.717) is 30.2 Å². The molecule has 2 atom stereocenters. The molecule has 2 amide bonds. The van der Waals surface area contributed by atoms with Gasteiger partial charge in [-0.1, -0.05) is 27.4 Å². The lowest BCUT2D eigenvalue weighted by molar-refractivity contribution is -0.123. The lowest BCUT2D eigenvalue weighted by Gasteiger charge is -2.25. The predicted octanol–water partition coefficient (Wildman–Crippen LogP) is 2.77. The molecule has 1 aromatic carbocycles. The van der Waals surface area contributed by atoms with Crippen molar-refractivity contribution in [3.8, 4) is 0 Å². The van der Waals surface area contributed by atoms with Crippen molar-refractivity contribution in [2.45, 2.75) is 33.4 Å². The van der Waals surface area contributed by atoms with E-state index >= 15 is 0 Å². The van der Waals surface area contributed by atoms with E-state index < -0.39 is 17.5 Å². The smallest absolute Gasteiger partial charge is 0.252 e. The van der Waals surface area contributed by atoms with Crippen molar-refractivity contribution in [1.82, 2.24) is 4.98 Å². The van der Waals surface area contributed by atoms with Gasteiger partial charge in [0, 0.05) is 23.3 Å². The lowest BCUT2D eigenvalue weighted by atomic mass is 9.95. The van der Waals surface area contributed by atoms with Gasteiger partial charge in [-0.05, 0) is 48.9 Å². The number of aromatic nitrogens is 1. The van der Waals surface area contributed by atoms with Gasteiger partial charge in [-0.15, -0.1) is 0 Å². The van der Waals surface area contributed by atoms with Gasteiger partial charge in [0.05, 0.1) is 17.6 Å². The molecule has 9 nitrogen and oxygen atoms in total. The van der Waals surface area contributed by atoms with Crippen LogP contribution in [0.2, 0.25) is 0 Å². The van der Waals surface area contributed by atoms with E-state index in [0.717, 1.165) is 0 Å². The number of pyridine rings is 1. The van der Waals surface area contributed by atoms with E-state index in [2.05, 4.69) is 22.2 Å². The quantitative estimate of drug-likeness (QED) is 0.475. The topological polar surface area (TPSA) is 143 Å². The number of nitrogens with zero attached hydrogens (tertiary/aromatic N) is 2. The molecule has 9 heteroatoms. The number of rotatable bonds is 7. The monoisotopic (exact) mass is 450 g/mol. The van der Waals surface area contributed by atoms with Crippen molar-refractivity contribution in [1.29, 1.82) is 0 Å². The summed E-state index contributed by atoms with van der Waals surface area (Å²) in [6, 6.07) is 10.3. The third kappa shape index (κ3) is 5.38. The molecule has 0 radical (unpaired) electrons. The standard InChI is InChI=1S/C24H30N6O3/c1-5-18(31)16-12-13-30(20(16)25)19-11-10-17(21(26)32)22(29-19)27-14-6-8-15(9-7-14)28-23(33)24(2,3)4/h5-11,16,20H,1,12-13,25H2,2-4H3,(H2,26,32)(H,27,29)(H,28,33). The molecule has 1 saturated heterocycles. The van der Waals surface area contributed by atoms with Gasteiger partial charge < -0.3 is 27.0 Å². The number of carbonyl (C=O) groups is 3. The van der Waals surface area contributed by atoms with Crippen LogP contribution in [0.15, 0.2) is 49.1 Å². The van der Waals surface area contributed by atoms with Gasteiger partial charge in [-0.2, -0.15) is 0 Å².